The third-order valence-electron chi connectivity index (χ3n) is 2.11. The fourth-order valence-corrected chi connectivity index (χ4v) is 1.36. The van der Waals surface area contributed by atoms with Gasteiger partial charge >= 0.3 is 0 Å². The van der Waals surface area contributed by atoms with Crippen LogP contribution in [0.2, 0.25) is 0 Å². The minimum atomic E-state index is -0.330. The van der Waals surface area contributed by atoms with Crippen LogP contribution in [-0.2, 0) is 9.47 Å². The van der Waals surface area contributed by atoms with Gasteiger partial charge in [-0.3, -0.25) is 0 Å². The van der Waals surface area contributed by atoms with Crippen LogP contribution in [-0.4, -0.2) is 18.5 Å². The molecule has 1 atom stereocenters. The van der Waals surface area contributed by atoms with Crippen molar-refractivity contribution in [2.45, 2.75) is 45.0 Å². The largest absolute Gasteiger partial charge is 0.353 e. The van der Waals surface area contributed by atoms with Crippen LogP contribution in [0.25, 0.3) is 0 Å². The van der Waals surface area contributed by atoms with Crippen LogP contribution in [0.4, 0.5) is 0 Å². The summed E-state index contributed by atoms with van der Waals surface area (Å²) in [7, 11) is 1.70. The second kappa shape index (κ2) is 2.21. The zero-order valence-electron chi connectivity index (χ0n) is 7.23. The Kier molecular flexibility index (Phi) is 1.77. The van der Waals surface area contributed by atoms with E-state index in [-0.39, 0.29) is 11.4 Å². The van der Waals surface area contributed by atoms with Gasteiger partial charge in [0.2, 0.25) is 0 Å². The van der Waals surface area contributed by atoms with Crippen LogP contribution in [0.3, 0.4) is 0 Å². The highest BCUT2D eigenvalue weighted by atomic mass is 16.7. The highest BCUT2D eigenvalue weighted by Gasteiger charge is 2.40. The van der Waals surface area contributed by atoms with Crippen molar-refractivity contribution in [3.05, 3.63) is 0 Å². The minimum Gasteiger partial charge on any atom is -0.353 e. The number of rotatable bonds is 1. The van der Waals surface area contributed by atoms with Gasteiger partial charge in [0.25, 0.3) is 0 Å². The predicted octanol–water partition coefficient (Wildman–Crippen LogP) is 1.94. The van der Waals surface area contributed by atoms with E-state index in [0.29, 0.717) is 0 Å². The van der Waals surface area contributed by atoms with Crippen molar-refractivity contribution in [1.29, 1.82) is 0 Å². The number of methoxy groups -OCH3 is 1. The average Bonchev–Trinajstić information content (AvgIpc) is 2.08. The van der Waals surface area contributed by atoms with Crippen LogP contribution >= 0.6 is 0 Å². The summed E-state index contributed by atoms with van der Waals surface area (Å²) in [6.07, 6.45) is 2.08. The Balaban J connectivity index is 2.57. The molecule has 0 amide bonds. The van der Waals surface area contributed by atoms with Gasteiger partial charge in [-0.25, -0.2) is 0 Å². The number of hydrogen-bond donors (Lipinski definition) is 0. The van der Waals surface area contributed by atoms with Crippen LogP contribution in [0.5, 0.6) is 0 Å². The van der Waals surface area contributed by atoms with Crippen molar-refractivity contribution in [2.75, 3.05) is 7.11 Å². The molecule has 0 aromatic heterocycles. The van der Waals surface area contributed by atoms with E-state index < -0.39 is 0 Å². The Hall–Kier alpha value is -0.0800. The molecule has 1 fully saturated rings. The molecular formula is C8H16O2. The van der Waals surface area contributed by atoms with Gasteiger partial charge in [-0.05, 0) is 27.2 Å². The summed E-state index contributed by atoms with van der Waals surface area (Å²) in [5.41, 5.74) is 0.00472. The third-order valence-corrected chi connectivity index (χ3v) is 2.11. The van der Waals surface area contributed by atoms with E-state index >= 15 is 0 Å². The first-order chi connectivity index (χ1) is 4.47. The molecule has 10 heavy (non-hydrogen) atoms. The molecule has 0 aromatic carbocycles. The molecule has 0 aromatic rings. The molecule has 0 aliphatic carbocycles. The lowest BCUT2D eigenvalue weighted by Crippen LogP contribution is -2.30. The molecule has 1 heterocycles. The molecule has 2 heteroatoms. The van der Waals surface area contributed by atoms with Crippen LogP contribution in [0, 0.1) is 0 Å². The Morgan fingerprint density at radius 3 is 2.00 bits per heavy atom. The highest BCUT2D eigenvalue weighted by molar-refractivity contribution is 4.83. The summed E-state index contributed by atoms with van der Waals surface area (Å²) in [5.74, 6) is -0.330. The van der Waals surface area contributed by atoms with E-state index in [1.807, 2.05) is 6.92 Å². The minimum absolute atomic E-state index is 0.00472. The van der Waals surface area contributed by atoms with Gasteiger partial charge in [0, 0.05) is 13.5 Å². The molecule has 2 nitrogen and oxygen atoms in total. The average molecular weight is 144 g/mol. The molecule has 0 saturated carbocycles. The van der Waals surface area contributed by atoms with Crippen LogP contribution in [0.1, 0.15) is 33.6 Å². The summed E-state index contributed by atoms with van der Waals surface area (Å²) in [5, 5.41) is 0. The van der Waals surface area contributed by atoms with Crippen molar-refractivity contribution >= 4 is 0 Å². The molecule has 60 valence electrons. The van der Waals surface area contributed by atoms with Crippen molar-refractivity contribution < 1.29 is 9.47 Å². The normalized spacial score (nSPS) is 38.4. The van der Waals surface area contributed by atoms with Crippen molar-refractivity contribution in [3.8, 4) is 0 Å². The monoisotopic (exact) mass is 144 g/mol. The fraction of sp³-hybridized carbons (Fsp3) is 1.00. The van der Waals surface area contributed by atoms with Gasteiger partial charge in [-0.2, -0.15) is 0 Å². The van der Waals surface area contributed by atoms with Gasteiger partial charge in [-0.15, -0.1) is 0 Å². The summed E-state index contributed by atoms with van der Waals surface area (Å²) < 4.78 is 10.9. The van der Waals surface area contributed by atoms with Gasteiger partial charge in [0.1, 0.15) is 0 Å². The summed E-state index contributed by atoms with van der Waals surface area (Å²) in [6.45, 7) is 6.18. The SMILES string of the molecule is COC1(C)CCC(C)(C)O1. The quantitative estimate of drug-likeness (QED) is 0.560. The smallest absolute Gasteiger partial charge is 0.165 e. The second-order valence-corrected chi connectivity index (χ2v) is 3.70. The molecule has 1 saturated heterocycles. The summed E-state index contributed by atoms with van der Waals surface area (Å²) in [4.78, 5) is 0. The third kappa shape index (κ3) is 1.50. The van der Waals surface area contributed by atoms with Gasteiger partial charge in [0.05, 0.1) is 5.60 Å². The molecule has 0 bridgehead atoms. The van der Waals surface area contributed by atoms with Crippen LogP contribution < -0.4 is 0 Å². The molecule has 1 aliphatic heterocycles. The lowest BCUT2D eigenvalue weighted by molar-refractivity contribution is -0.219. The molecule has 1 aliphatic rings. The Labute approximate surface area is 62.5 Å². The highest BCUT2D eigenvalue weighted by Crippen LogP contribution is 2.37. The van der Waals surface area contributed by atoms with Crippen molar-refractivity contribution in [3.63, 3.8) is 0 Å². The number of hydrogen-bond acceptors (Lipinski definition) is 2. The topological polar surface area (TPSA) is 18.5 Å². The van der Waals surface area contributed by atoms with E-state index in [2.05, 4.69) is 13.8 Å². The molecule has 1 unspecified atom stereocenters. The lowest BCUT2D eigenvalue weighted by atomic mass is 10.1. The van der Waals surface area contributed by atoms with Crippen molar-refractivity contribution in [1.82, 2.24) is 0 Å². The maximum absolute atomic E-state index is 5.66. The summed E-state index contributed by atoms with van der Waals surface area (Å²) >= 11 is 0. The standard InChI is InChI=1S/C8H16O2/c1-7(2)5-6-8(3,9-4)10-7/h5-6H2,1-4H3. The lowest BCUT2D eigenvalue weighted by Gasteiger charge is -2.26. The molecule has 0 spiro atoms. The van der Waals surface area contributed by atoms with Gasteiger partial charge in [-0.1, -0.05) is 0 Å². The fourth-order valence-electron chi connectivity index (χ4n) is 1.36. The van der Waals surface area contributed by atoms with Gasteiger partial charge in [0.15, 0.2) is 5.79 Å². The molecule has 0 N–H and O–H groups in total. The number of ether oxygens (including phenoxy) is 2. The van der Waals surface area contributed by atoms with Gasteiger partial charge < -0.3 is 9.47 Å². The molecule has 1 rings (SSSR count). The Morgan fingerprint density at radius 2 is 1.80 bits per heavy atom. The van der Waals surface area contributed by atoms with E-state index in [1.54, 1.807) is 7.11 Å². The first-order valence-corrected chi connectivity index (χ1v) is 3.73. The zero-order valence-corrected chi connectivity index (χ0v) is 7.23. The van der Waals surface area contributed by atoms with E-state index in [4.69, 9.17) is 9.47 Å². The Morgan fingerprint density at radius 1 is 1.20 bits per heavy atom. The van der Waals surface area contributed by atoms with Crippen molar-refractivity contribution in [2.24, 2.45) is 0 Å². The second-order valence-electron chi connectivity index (χ2n) is 3.70. The van der Waals surface area contributed by atoms with E-state index in [9.17, 15) is 0 Å². The maximum Gasteiger partial charge on any atom is 0.165 e. The van der Waals surface area contributed by atoms with E-state index in [1.165, 1.54) is 0 Å². The van der Waals surface area contributed by atoms with Crippen LogP contribution in [0.15, 0.2) is 0 Å². The zero-order chi connectivity index (χ0) is 7.83. The maximum atomic E-state index is 5.66. The molecular weight excluding hydrogens is 128 g/mol. The van der Waals surface area contributed by atoms with E-state index in [0.717, 1.165) is 12.8 Å². The molecule has 0 radical (unpaired) electrons. The first-order valence-electron chi connectivity index (χ1n) is 3.73. The predicted molar refractivity (Wildman–Crippen MR) is 39.8 cm³/mol. The first kappa shape index (κ1) is 8.02. The Bertz CT molecular complexity index is 131. The summed E-state index contributed by atoms with van der Waals surface area (Å²) in [6, 6.07) is 0.